The average molecular weight is 454 g/mol. The lowest BCUT2D eigenvalue weighted by molar-refractivity contribution is -0.137. The first-order valence-electron chi connectivity index (χ1n) is 10.9. The van der Waals surface area contributed by atoms with Crippen LogP contribution >= 0.6 is 0 Å². The van der Waals surface area contributed by atoms with Gasteiger partial charge in [0.05, 0.1) is 23.0 Å². The average Bonchev–Trinajstić information content (AvgIpc) is 3.11. The van der Waals surface area contributed by atoms with Gasteiger partial charge in [0.2, 0.25) is 0 Å². The molecule has 0 radical (unpaired) electrons. The maximum atomic E-state index is 12.8. The van der Waals surface area contributed by atoms with Crippen molar-refractivity contribution < 1.29 is 13.2 Å². The second-order valence-electron chi connectivity index (χ2n) is 7.68. The molecule has 0 saturated heterocycles. The monoisotopic (exact) mass is 454 g/mol. The number of fused-ring (bicyclic) bond motifs is 3. The number of alkyl halides is 3. The van der Waals surface area contributed by atoms with Gasteiger partial charge in [0.25, 0.3) is 5.56 Å². The quantitative estimate of drug-likeness (QED) is 0.460. The molecule has 1 aliphatic heterocycles. The molecule has 0 spiro atoms. The van der Waals surface area contributed by atoms with Crippen LogP contribution in [-0.4, -0.2) is 20.9 Å². The lowest BCUT2D eigenvalue weighted by Gasteiger charge is -2.14. The summed E-state index contributed by atoms with van der Waals surface area (Å²) in [5, 5.41) is 8.82. The number of halogens is 3. The van der Waals surface area contributed by atoms with E-state index < -0.39 is 11.7 Å². The Hall–Kier alpha value is -3.39. The van der Waals surface area contributed by atoms with Crippen LogP contribution in [0.3, 0.4) is 0 Å². The van der Waals surface area contributed by atoms with Crippen molar-refractivity contribution in [3.8, 4) is 16.8 Å². The lowest BCUT2D eigenvalue weighted by Crippen LogP contribution is -2.24. The maximum Gasteiger partial charge on any atom is 0.416 e. The Morgan fingerprint density at radius 3 is 2.39 bits per heavy atom. The highest BCUT2D eigenvalue weighted by atomic mass is 19.4. The highest BCUT2D eigenvalue weighted by molar-refractivity contribution is 5.87. The molecule has 2 aromatic heterocycles. The summed E-state index contributed by atoms with van der Waals surface area (Å²) in [5.74, 6) is 0. The largest absolute Gasteiger partial charge is 0.416 e. The molecule has 8 heteroatoms. The normalized spacial score (nSPS) is 13.4. The third-order valence-corrected chi connectivity index (χ3v) is 5.85. The number of benzene rings is 2. The molecule has 0 unspecified atom stereocenters. The standard InChI is InChI=1S/C23H19F3N4O.C2H6/c1-29-20-8-9-27-13-19(20)18-7-6-17(11-21(18)29)30-22(31)10-15(12-28-30)14-2-4-16(5-3-14)23(24,25)26;1-2/h2-7,10-12,27H,8-9,13H2,1H3;1-2H3. The topological polar surface area (TPSA) is 51.9 Å². The molecule has 0 fully saturated rings. The van der Waals surface area contributed by atoms with E-state index in [0.717, 1.165) is 42.5 Å². The molecular weight excluding hydrogens is 429 g/mol. The number of rotatable bonds is 2. The smallest absolute Gasteiger partial charge is 0.347 e. The molecule has 1 aliphatic rings. The Balaban J connectivity index is 0.00000126. The zero-order chi connectivity index (χ0) is 23.8. The Morgan fingerprint density at radius 2 is 1.73 bits per heavy atom. The van der Waals surface area contributed by atoms with E-state index in [9.17, 15) is 18.0 Å². The number of nitrogens with zero attached hydrogens (tertiary/aromatic N) is 3. The van der Waals surface area contributed by atoms with E-state index in [2.05, 4.69) is 15.0 Å². The van der Waals surface area contributed by atoms with Crippen LogP contribution in [0.4, 0.5) is 13.2 Å². The maximum absolute atomic E-state index is 12.8. The number of hydrogen-bond acceptors (Lipinski definition) is 3. The summed E-state index contributed by atoms with van der Waals surface area (Å²) >= 11 is 0. The molecule has 5 nitrogen and oxygen atoms in total. The Labute approximate surface area is 189 Å². The molecule has 2 aromatic carbocycles. The van der Waals surface area contributed by atoms with Crippen LogP contribution in [0, 0.1) is 0 Å². The van der Waals surface area contributed by atoms with Gasteiger partial charge in [-0.05, 0) is 35.4 Å². The van der Waals surface area contributed by atoms with E-state index in [4.69, 9.17) is 0 Å². The van der Waals surface area contributed by atoms with Gasteiger partial charge in [-0.2, -0.15) is 23.0 Å². The molecule has 5 rings (SSSR count). The predicted molar refractivity (Wildman–Crippen MR) is 124 cm³/mol. The fourth-order valence-corrected chi connectivity index (χ4v) is 4.24. The fourth-order valence-electron chi connectivity index (χ4n) is 4.24. The molecule has 0 bridgehead atoms. The number of aryl methyl sites for hydroxylation is 1. The summed E-state index contributed by atoms with van der Waals surface area (Å²) in [7, 11) is 2.03. The molecule has 0 saturated carbocycles. The van der Waals surface area contributed by atoms with Gasteiger partial charge in [0.15, 0.2) is 0 Å². The Bertz CT molecular complexity index is 1350. The third-order valence-electron chi connectivity index (χ3n) is 5.85. The van der Waals surface area contributed by atoms with Gasteiger partial charge in [-0.3, -0.25) is 4.79 Å². The van der Waals surface area contributed by atoms with Gasteiger partial charge in [-0.1, -0.05) is 32.0 Å². The number of aromatic nitrogens is 3. The van der Waals surface area contributed by atoms with Crippen molar-refractivity contribution in [2.45, 2.75) is 33.0 Å². The predicted octanol–water partition coefficient (Wildman–Crippen LogP) is 5.08. The van der Waals surface area contributed by atoms with Crippen molar-refractivity contribution >= 4 is 10.9 Å². The zero-order valence-electron chi connectivity index (χ0n) is 18.7. The van der Waals surface area contributed by atoms with Crippen molar-refractivity contribution in [2.75, 3.05) is 6.54 Å². The summed E-state index contributed by atoms with van der Waals surface area (Å²) in [6.07, 6.45) is -1.95. The van der Waals surface area contributed by atoms with Gasteiger partial charge >= 0.3 is 6.18 Å². The van der Waals surface area contributed by atoms with Crippen LogP contribution < -0.4 is 10.9 Å². The van der Waals surface area contributed by atoms with Crippen LogP contribution in [0.2, 0.25) is 0 Å². The van der Waals surface area contributed by atoms with E-state index in [0.29, 0.717) is 16.8 Å². The lowest BCUT2D eigenvalue weighted by atomic mass is 10.1. The van der Waals surface area contributed by atoms with E-state index in [1.807, 2.05) is 39.1 Å². The fraction of sp³-hybridized carbons (Fsp3) is 0.280. The van der Waals surface area contributed by atoms with Crippen molar-refractivity contribution in [2.24, 2.45) is 7.05 Å². The second-order valence-corrected chi connectivity index (χ2v) is 7.68. The van der Waals surface area contributed by atoms with Gasteiger partial charge in [-0.25, -0.2) is 0 Å². The highest BCUT2D eigenvalue weighted by Crippen LogP contribution is 2.31. The molecule has 4 aromatic rings. The second kappa shape index (κ2) is 8.86. The minimum atomic E-state index is -4.40. The zero-order valence-corrected chi connectivity index (χ0v) is 18.7. The van der Waals surface area contributed by atoms with Crippen LogP contribution in [0.1, 0.15) is 30.7 Å². The molecule has 0 amide bonds. The summed E-state index contributed by atoms with van der Waals surface area (Å²) in [6, 6.07) is 11.9. The Kier molecular flexibility index (Phi) is 6.12. The van der Waals surface area contributed by atoms with Crippen LogP contribution in [-0.2, 0) is 26.2 Å². The van der Waals surface area contributed by atoms with Crippen molar-refractivity contribution in [1.82, 2.24) is 19.7 Å². The summed E-state index contributed by atoms with van der Waals surface area (Å²) < 4.78 is 41.8. The van der Waals surface area contributed by atoms with Gasteiger partial charge in [0.1, 0.15) is 0 Å². The van der Waals surface area contributed by atoms with Crippen LogP contribution in [0.25, 0.3) is 27.7 Å². The minimum Gasteiger partial charge on any atom is -0.347 e. The third kappa shape index (κ3) is 4.18. The van der Waals surface area contributed by atoms with Crippen LogP contribution in [0.15, 0.2) is 59.5 Å². The van der Waals surface area contributed by atoms with Crippen molar-refractivity contribution in [3.05, 3.63) is 81.9 Å². The molecule has 0 atom stereocenters. The first kappa shape index (κ1) is 22.8. The van der Waals surface area contributed by atoms with Gasteiger partial charge < -0.3 is 9.88 Å². The van der Waals surface area contributed by atoms with Gasteiger partial charge in [0, 0.05) is 49.3 Å². The number of hydrogen-bond donors (Lipinski definition) is 1. The molecule has 33 heavy (non-hydrogen) atoms. The molecule has 172 valence electrons. The van der Waals surface area contributed by atoms with Crippen molar-refractivity contribution in [1.29, 1.82) is 0 Å². The minimum absolute atomic E-state index is 0.350. The molecule has 1 N–H and O–H groups in total. The number of nitrogens with one attached hydrogen (secondary N) is 1. The summed E-state index contributed by atoms with van der Waals surface area (Å²) in [4.78, 5) is 12.8. The summed E-state index contributed by atoms with van der Waals surface area (Å²) in [6.45, 7) is 5.77. The van der Waals surface area contributed by atoms with E-state index >= 15 is 0 Å². The Morgan fingerprint density at radius 1 is 1.00 bits per heavy atom. The van der Waals surface area contributed by atoms with Crippen molar-refractivity contribution in [3.63, 3.8) is 0 Å². The first-order chi connectivity index (χ1) is 15.8. The first-order valence-corrected chi connectivity index (χ1v) is 10.9. The van der Waals surface area contributed by atoms with E-state index in [1.54, 1.807) is 0 Å². The SMILES string of the molecule is CC.Cn1c2c(c3ccc(-n4ncc(-c5ccc(C(F)(F)F)cc5)cc4=O)cc31)CNCC2. The van der Waals surface area contributed by atoms with Crippen LogP contribution in [0.5, 0.6) is 0 Å². The highest BCUT2D eigenvalue weighted by Gasteiger charge is 2.30. The van der Waals surface area contributed by atoms with Gasteiger partial charge in [-0.15, -0.1) is 0 Å². The molecule has 0 aliphatic carbocycles. The molecular formula is C25H25F3N4O. The van der Waals surface area contributed by atoms with E-state index in [-0.39, 0.29) is 5.56 Å². The molecule has 3 heterocycles. The summed E-state index contributed by atoms with van der Waals surface area (Å²) in [5.41, 5.74) is 4.15. The van der Waals surface area contributed by atoms with E-state index in [1.165, 1.54) is 40.3 Å².